The summed E-state index contributed by atoms with van der Waals surface area (Å²) in [6.45, 7) is 8.84. The fraction of sp³-hybridized carbons (Fsp3) is 0.565. The standard InChI is InChI=1S/C23H31FN4O2/c1-18(7-9-26-10-8-25-19(26)2)28-16-23(17-28,15-20-5-3-4-6-21(20)24)22(29)27-11-13-30-14-12-27/h3-6,8,10,18H,7,9,11-17H2,1-2H3. The van der Waals surface area contributed by atoms with E-state index in [9.17, 15) is 9.18 Å². The van der Waals surface area contributed by atoms with E-state index in [2.05, 4.69) is 21.4 Å². The number of nitrogens with zero attached hydrogens (tertiary/aromatic N) is 4. The van der Waals surface area contributed by atoms with E-state index in [4.69, 9.17) is 4.74 Å². The zero-order valence-electron chi connectivity index (χ0n) is 17.9. The number of hydrogen-bond acceptors (Lipinski definition) is 4. The van der Waals surface area contributed by atoms with Crippen LogP contribution in [0.3, 0.4) is 0 Å². The molecule has 0 saturated carbocycles. The van der Waals surface area contributed by atoms with Crippen LogP contribution in [0.2, 0.25) is 0 Å². The number of amides is 1. The molecular formula is C23H31FN4O2. The van der Waals surface area contributed by atoms with E-state index >= 15 is 0 Å². The first-order chi connectivity index (χ1) is 14.5. The molecule has 1 unspecified atom stereocenters. The lowest BCUT2D eigenvalue weighted by molar-refractivity contribution is -0.159. The third-order valence-electron chi connectivity index (χ3n) is 6.58. The molecule has 2 aliphatic rings. The van der Waals surface area contributed by atoms with Crippen LogP contribution in [0.15, 0.2) is 36.7 Å². The topological polar surface area (TPSA) is 50.6 Å². The lowest BCUT2D eigenvalue weighted by Gasteiger charge is -2.53. The lowest BCUT2D eigenvalue weighted by Crippen LogP contribution is -2.67. The normalized spacial score (nSPS) is 20.0. The molecule has 0 aliphatic carbocycles. The van der Waals surface area contributed by atoms with Gasteiger partial charge in [0, 0.05) is 51.2 Å². The molecule has 0 N–H and O–H groups in total. The minimum absolute atomic E-state index is 0.142. The maximum atomic E-state index is 14.4. The van der Waals surface area contributed by atoms with Crippen molar-refractivity contribution in [3.8, 4) is 0 Å². The van der Waals surface area contributed by atoms with Crippen LogP contribution in [-0.2, 0) is 22.5 Å². The fourth-order valence-corrected chi connectivity index (χ4v) is 4.62. The van der Waals surface area contributed by atoms with Gasteiger partial charge in [-0.25, -0.2) is 9.37 Å². The van der Waals surface area contributed by atoms with Gasteiger partial charge in [-0.05, 0) is 38.3 Å². The average Bonchev–Trinajstić information content (AvgIpc) is 3.15. The van der Waals surface area contributed by atoms with Crippen molar-refractivity contribution in [2.45, 2.75) is 39.3 Å². The SMILES string of the molecule is Cc1nccn1CCC(C)N1CC(Cc2ccccc2F)(C(=O)N2CCOCC2)C1. The van der Waals surface area contributed by atoms with Gasteiger partial charge < -0.3 is 14.2 Å². The number of morpholine rings is 1. The molecule has 0 bridgehead atoms. The second kappa shape index (κ2) is 8.86. The van der Waals surface area contributed by atoms with Crippen LogP contribution in [0.5, 0.6) is 0 Å². The van der Waals surface area contributed by atoms with E-state index in [0.29, 0.717) is 57.4 Å². The average molecular weight is 415 g/mol. The van der Waals surface area contributed by atoms with E-state index in [1.54, 1.807) is 12.1 Å². The maximum Gasteiger partial charge on any atom is 0.231 e. The highest BCUT2D eigenvalue weighted by molar-refractivity contribution is 5.85. The second-order valence-electron chi connectivity index (χ2n) is 8.66. The number of halogens is 1. The van der Waals surface area contributed by atoms with E-state index in [-0.39, 0.29) is 11.7 Å². The number of ether oxygens (including phenoxy) is 1. The van der Waals surface area contributed by atoms with Crippen LogP contribution < -0.4 is 0 Å². The predicted molar refractivity (Wildman–Crippen MR) is 113 cm³/mol. The number of aryl methyl sites for hydroxylation is 2. The molecule has 2 saturated heterocycles. The zero-order chi connectivity index (χ0) is 21.1. The molecule has 30 heavy (non-hydrogen) atoms. The Labute approximate surface area is 177 Å². The Bertz CT molecular complexity index is 872. The van der Waals surface area contributed by atoms with Crippen LogP contribution >= 0.6 is 0 Å². The van der Waals surface area contributed by atoms with Gasteiger partial charge in [0.05, 0.1) is 18.6 Å². The number of likely N-dealkylation sites (tertiary alicyclic amines) is 1. The smallest absolute Gasteiger partial charge is 0.231 e. The molecule has 2 aromatic rings. The maximum absolute atomic E-state index is 14.4. The molecule has 1 aromatic heterocycles. The Hall–Kier alpha value is -2.25. The van der Waals surface area contributed by atoms with Crippen molar-refractivity contribution in [3.05, 3.63) is 53.9 Å². The molecule has 7 heteroatoms. The van der Waals surface area contributed by atoms with Gasteiger partial charge in [-0.2, -0.15) is 0 Å². The molecule has 2 aliphatic heterocycles. The summed E-state index contributed by atoms with van der Waals surface area (Å²) in [5, 5.41) is 0. The van der Waals surface area contributed by atoms with Crippen molar-refractivity contribution in [2.24, 2.45) is 5.41 Å². The summed E-state index contributed by atoms with van der Waals surface area (Å²) in [4.78, 5) is 22.0. The quantitative estimate of drug-likeness (QED) is 0.699. The summed E-state index contributed by atoms with van der Waals surface area (Å²) in [5.41, 5.74) is 0.0686. The van der Waals surface area contributed by atoms with Gasteiger partial charge in [0.1, 0.15) is 11.6 Å². The van der Waals surface area contributed by atoms with Crippen LogP contribution in [0.25, 0.3) is 0 Å². The summed E-state index contributed by atoms with van der Waals surface area (Å²) < 4.78 is 22.0. The Morgan fingerprint density at radius 3 is 2.67 bits per heavy atom. The number of carbonyl (C=O) groups is 1. The molecule has 0 radical (unpaired) electrons. The molecule has 4 rings (SSSR count). The van der Waals surface area contributed by atoms with E-state index < -0.39 is 5.41 Å². The van der Waals surface area contributed by atoms with Crippen molar-refractivity contribution < 1.29 is 13.9 Å². The molecule has 1 amide bonds. The van der Waals surface area contributed by atoms with E-state index in [1.807, 2.05) is 30.3 Å². The Balaban J connectivity index is 1.45. The van der Waals surface area contributed by atoms with Crippen molar-refractivity contribution in [1.82, 2.24) is 19.4 Å². The Morgan fingerprint density at radius 2 is 2.00 bits per heavy atom. The van der Waals surface area contributed by atoms with Gasteiger partial charge >= 0.3 is 0 Å². The highest BCUT2D eigenvalue weighted by Crippen LogP contribution is 2.39. The first-order valence-corrected chi connectivity index (χ1v) is 10.8. The lowest BCUT2D eigenvalue weighted by atomic mass is 9.72. The summed E-state index contributed by atoms with van der Waals surface area (Å²) in [6, 6.07) is 7.17. The van der Waals surface area contributed by atoms with Gasteiger partial charge in [-0.15, -0.1) is 0 Å². The van der Waals surface area contributed by atoms with Crippen LogP contribution in [-0.4, -0.2) is 70.7 Å². The molecule has 2 fully saturated rings. The first kappa shape index (κ1) is 21.0. The van der Waals surface area contributed by atoms with Gasteiger partial charge in [-0.3, -0.25) is 9.69 Å². The van der Waals surface area contributed by atoms with Gasteiger partial charge in [0.25, 0.3) is 0 Å². The molecule has 6 nitrogen and oxygen atoms in total. The molecule has 3 heterocycles. The number of carbonyl (C=O) groups excluding carboxylic acids is 1. The molecule has 162 valence electrons. The fourth-order valence-electron chi connectivity index (χ4n) is 4.62. The van der Waals surface area contributed by atoms with E-state index in [0.717, 1.165) is 18.8 Å². The summed E-state index contributed by atoms with van der Waals surface area (Å²) >= 11 is 0. The molecule has 1 aromatic carbocycles. The summed E-state index contributed by atoms with van der Waals surface area (Å²) in [6.07, 6.45) is 5.26. The number of aromatic nitrogens is 2. The minimum Gasteiger partial charge on any atom is -0.378 e. The predicted octanol–water partition coefficient (Wildman–Crippen LogP) is 2.51. The number of hydrogen-bond donors (Lipinski definition) is 0. The zero-order valence-corrected chi connectivity index (χ0v) is 17.9. The molecule has 1 atom stereocenters. The largest absolute Gasteiger partial charge is 0.378 e. The Kier molecular flexibility index (Phi) is 6.20. The highest BCUT2D eigenvalue weighted by atomic mass is 19.1. The molecular weight excluding hydrogens is 383 g/mol. The van der Waals surface area contributed by atoms with Crippen molar-refractivity contribution in [3.63, 3.8) is 0 Å². The summed E-state index contributed by atoms with van der Waals surface area (Å²) in [7, 11) is 0. The Morgan fingerprint density at radius 1 is 1.27 bits per heavy atom. The number of imidazole rings is 1. The van der Waals surface area contributed by atoms with Gasteiger partial charge in [0.2, 0.25) is 5.91 Å². The van der Waals surface area contributed by atoms with Gasteiger partial charge in [0.15, 0.2) is 0 Å². The highest BCUT2D eigenvalue weighted by Gasteiger charge is 2.52. The summed E-state index contributed by atoms with van der Waals surface area (Å²) in [5.74, 6) is 0.930. The van der Waals surface area contributed by atoms with Crippen molar-refractivity contribution >= 4 is 5.91 Å². The van der Waals surface area contributed by atoms with Crippen LogP contribution in [0, 0.1) is 18.2 Å². The van der Waals surface area contributed by atoms with Crippen molar-refractivity contribution in [2.75, 3.05) is 39.4 Å². The third-order valence-corrected chi connectivity index (χ3v) is 6.58. The number of benzene rings is 1. The van der Waals surface area contributed by atoms with Gasteiger partial charge in [-0.1, -0.05) is 18.2 Å². The minimum atomic E-state index is -0.557. The van der Waals surface area contributed by atoms with Crippen LogP contribution in [0.1, 0.15) is 24.7 Å². The second-order valence-corrected chi connectivity index (χ2v) is 8.66. The third kappa shape index (κ3) is 4.27. The molecule has 0 spiro atoms. The number of rotatable bonds is 7. The monoisotopic (exact) mass is 414 g/mol. The first-order valence-electron chi connectivity index (χ1n) is 10.8. The van der Waals surface area contributed by atoms with E-state index in [1.165, 1.54) is 6.07 Å². The van der Waals surface area contributed by atoms with Crippen molar-refractivity contribution in [1.29, 1.82) is 0 Å². The van der Waals surface area contributed by atoms with Crippen LogP contribution in [0.4, 0.5) is 4.39 Å².